The van der Waals surface area contributed by atoms with Gasteiger partial charge in [0.15, 0.2) is 11.4 Å². The molecule has 4 aliphatic carbocycles. The van der Waals surface area contributed by atoms with E-state index < -0.39 is 81.6 Å². The van der Waals surface area contributed by atoms with E-state index in [2.05, 4.69) is 0 Å². The number of benzene rings is 1. The molecule has 0 spiro atoms. The Morgan fingerprint density at radius 2 is 1.82 bits per heavy atom. The summed E-state index contributed by atoms with van der Waals surface area (Å²) in [6.45, 7) is 1.53. The highest BCUT2D eigenvalue weighted by Gasteiger charge is 2.69. The van der Waals surface area contributed by atoms with Crippen LogP contribution in [-0.4, -0.2) is 72.6 Å². The zero-order valence-corrected chi connectivity index (χ0v) is 22.6. The molecule has 2 unspecified atom stereocenters. The van der Waals surface area contributed by atoms with Gasteiger partial charge in [-0.05, 0) is 24.5 Å². The fraction of sp³-hybridized carbons (Fsp3) is 0.500. The van der Waals surface area contributed by atoms with Gasteiger partial charge in [-0.1, -0.05) is 31.9 Å². The minimum absolute atomic E-state index is 0.0171. The molecule has 0 aliphatic heterocycles. The van der Waals surface area contributed by atoms with E-state index in [1.165, 1.54) is 13.0 Å². The highest BCUT2D eigenvalue weighted by atomic mass is 32.2. The number of hydrogen-bond donors (Lipinski definition) is 6. The number of carbonyl (C=O) groups is 4. The van der Waals surface area contributed by atoms with Gasteiger partial charge < -0.3 is 36.6 Å². The highest BCUT2D eigenvalue weighted by Crippen LogP contribution is 2.57. The number of amides is 1. The molecule has 12 heteroatoms. The largest absolute Gasteiger partial charge is 0.508 e. The molecule has 1 aromatic rings. The summed E-state index contributed by atoms with van der Waals surface area (Å²) >= 11 is 1.66. The van der Waals surface area contributed by atoms with Gasteiger partial charge in [0.05, 0.1) is 17.5 Å². The van der Waals surface area contributed by atoms with Gasteiger partial charge in [-0.25, -0.2) is 0 Å². The maximum Gasteiger partial charge on any atom is 0.305 e. The predicted octanol–water partition coefficient (Wildman–Crippen LogP) is 1.51. The van der Waals surface area contributed by atoms with Crippen LogP contribution in [0.25, 0.3) is 5.76 Å². The first-order chi connectivity index (χ1) is 18.9. The van der Waals surface area contributed by atoms with Crippen LogP contribution in [0.5, 0.6) is 5.75 Å². The Morgan fingerprint density at radius 1 is 1.15 bits per heavy atom. The molecule has 40 heavy (non-hydrogen) atoms. The summed E-state index contributed by atoms with van der Waals surface area (Å²) in [6, 6.07) is 2.88. The number of aliphatic hydroxyl groups is 3. The lowest BCUT2D eigenvalue weighted by Crippen LogP contribution is -2.70. The molecule has 214 valence electrons. The van der Waals surface area contributed by atoms with E-state index in [-0.39, 0.29) is 17.7 Å². The van der Waals surface area contributed by atoms with Crippen molar-refractivity contribution in [3.8, 4) is 5.75 Å². The summed E-state index contributed by atoms with van der Waals surface area (Å²) < 4.78 is 5.80. The van der Waals surface area contributed by atoms with E-state index in [1.54, 1.807) is 23.9 Å². The lowest BCUT2D eigenvalue weighted by molar-refractivity contribution is -0.180. The lowest BCUT2D eigenvalue weighted by Gasteiger charge is -2.53. The molecule has 0 aromatic heterocycles. The summed E-state index contributed by atoms with van der Waals surface area (Å²) in [5, 5.41) is 45.4. The van der Waals surface area contributed by atoms with Crippen LogP contribution in [0.1, 0.15) is 56.1 Å². The molecule has 6 atom stereocenters. The average Bonchev–Trinajstić information content (AvgIpc) is 3.43. The Bertz CT molecular complexity index is 1370. The number of nitrogens with two attached hydrogens (primary N) is 2. The van der Waals surface area contributed by atoms with Crippen molar-refractivity contribution in [2.45, 2.75) is 67.9 Å². The molecule has 0 radical (unpaired) electrons. The van der Waals surface area contributed by atoms with Crippen LogP contribution in [0, 0.1) is 11.8 Å². The van der Waals surface area contributed by atoms with E-state index in [1.807, 2.05) is 0 Å². The number of aliphatic hydroxyl groups excluding tert-OH is 2. The molecule has 0 heterocycles. The van der Waals surface area contributed by atoms with Gasteiger partial charge in [0.2, 0.25) is 5.78 Å². The van der Waals surface area contributed by atoms with Crippen LogP contribution in [0.2, 0.25) is 0 Å². The molecule has 2 saturated carbocycles. The van der Waals surface area contributed by atoms with Crippen LogP contribution < -0.4 is 11.5 Å². The first-order valence-corrected chi connectivity index (χ1v) is 14.4. The van der Waals surface area contributed by atoms with Crippen molar-refractivity contribution in [3.63, 3.8) is 0 Å². The Hall–Kier alpha value is -3.35. The van der Waals surface area contributed by atoms with Crippen molar-refractivity contribution in [2.24, 2.45) is 23.3 Å². The van der Waals surface area contributed by atoms with Crippen LogP contribution in [0.4, 0.5) is 0 Å². The molecule has 1 amide bonds. The Balaban J connectivity index is 1.77. The minimum Gasteiger partial charge on any atom is -0.508 e. The second kappa shape index (κ2) is 10.2. The van der Waals surface area contributed by atoms with Gasteiger partial charge in [0.25, 0.3) is 5.91 Å². The van der Waals surface area contributed by atoms with Crippen molar-refractivity contribution in [2.75, 3.05) is 5.75 Å². The highest BCUT2D eigenvalue weighted by molar-refractivity contribution is 7.99. The zero-order chi connectivity index (χ0) is 29.1. The van der Waals surface area contributed by atoms with E-state index >= 15 is 0 Å². The average molecular weight is 573 g/mol. The van der Waals surface area contributed by atoms with Crippen LogP contribution in [-0.2, 0) is 23.9 Å². The number of fused-ring (bicyclic) bond motifs is 3. The van der Waals surface area contributed by atoms with Gasteiger partial charge in [0, 0.05) is 34.8 Å². The van der Waals surface area contributed by atoms with Gasteiger partial charge in [0.1, 0.15) is 28.9 Å². The predicted molar refractivity (Wildman–Crippen MR) is 144 cm³/mol. The fourth-order valence-corrected chi connectivity index (χ4v) is 8.29. The molecule has 4 aliphatic rings. The Kier molecular flexibility index (Phi) is 7.22. The summed E-state index contributed by atoms with van der Waals surface area (Å²) in [7, 11) is 0. The molecular weight excluding hydrogens is 540 g/mol. The van der Waals surface area contributed by atoms with Gasteiger partial charge in [-0.3, -0.25) is 19.2 Å². The molecule has 0 saturated heterocycles. The van der Waals surface area contributed by atoms with Crippen LogP contribution in [0.15, 0.2) is 35.1 Å². The van der Waals surface area contributed by atoms with Crippen molar-refractivity contribution in [1.29, 1.82) is 0 Å². The quantitative estimate of drug-likeness (QED) is 0.212. The maximum atomic E-state index is 14.2. The maximum absolute atomic E-state index is 14.2. The van der Waals surface area contributed by atoms with Crippen molar-refractivity contribution in [3.05, 3.63) is 46.2 Å². The number of phenolic OH excluding ortho intramolecular Hbond substituents is 1. The lowest BCUT2D eigenvalue weighted by atomic mass is 9.54. The van der Waals surface area contributed by atoms with Gasteiger partial charge in [-0.15, -0.1) is 0 Å². The van der Waals surface area contributed by atoms with E-state index in [4.69, 9.17) is 16.2 Å². The Morgan fingerprint density at radius 3 is 2.45 bits per heavy atom. The third-order valence-corrected chi connectivity index (χ3v) is 10.2. The number of thioether (sulfide) groups is 1. The topological polar surface area (TPSA) is 210 Å². The van der Waals surface area contributed by atoms with Crippen molar-refractivity contribution >= 4 is 41.0 Å². The molecule has 11 nitrogen and oxygen atoms in total. The monoisotopic (exact) mass is 572 g/mol. The number of ketones is 2. The van der Waals surface area contributed by atoms with Crippen molar-refractivity contribution < 1.29 is 44.3 Å². The van der Waals surface area contributed by atoms with Gasteiger partial charge in [-0.2, -0.15) is 11.8 Å². The van der Waals surface area contributed by atoms with Crippen molar-refractivity contribution in [1.82, 2.24) is 0 Å². The first kappa shape index (κ1) is 28.2. The molecule has 0 bridgehead atoms. The fourth-order valence-electron chi connectivity index (χ4n) is 6.76. The second-order valence-corrected chi connectivity index (χ2v) is 12.1. The van der Waals surface area contributed by atoms with Gasteiger partial charge >= 0.3 is 5.97 Å². The summed E-state index contributed by atoms with van der Waals surface area (Å²) in [6.07, 6.45) is 2.63. The number of Topliss-reactive ketones (excluding diaryl/α,β-unsaturated/α-hetero) is 2. The zero-order valence-electron chi connectivity index (χ0n) is 21.8. The summed E-state index contributed by atoms with van der Waals surface area (Å²) in [5.74, 6) is -9.72. The van der Waals surface area contributed by atoms with E-state index in [0.717, 1.165) is 25.7 Å². The number of hydrogen-bond acceptors (Lipinski definition) is 11. The number of ether oxygens (including phenoxy) is 1. The second-order valence-electron chi connectivity index (χ2n) is 10.8. The number of rotatable bonds is 6. The standard InChI is InChI=1S/C28H32N2O9S/c1-2-15(32)39-24-17-13(10-40-11-6-3-4-7-11)12-8-5-9-14(31)16(12)22(33)18(17)25(35)28(38)20(24)21(29)23(34)19(26(28)36)27(30)37/h5,8-9,11,13,17,20-21,24,31,33,36,38H,2-4,6-7,10,29H2,1H3,(H2,30,37)/t13-,17?,20?,21-,24-,28-/m0/s1. The SMILES string of the molecule is CCC(=O)O[C@H]1C2C(=C(O)c3c(O)cccc3[C@@H]2CSC2CCCC2)C(=O)[C@]2(O)C(O)=C(C(N)=O)C(=O)[C@@H](N)C12. The number of carbonyl (C=O) groups excluding carboxylic acids is 4. The third kappa shape index (κ3) is 4.03. The minimum atomic E-state index is -3.01. The smallest absolute Gasteiger partial charge is 0.305 e. The number of primary amides is 1. The molecule has 1 aromatic carbocycles. The van der Waals surface area contributed by atoms with E-state index in [9.17, 15) is 39.6 Å². The molecular formula is C28H32N2O9S. The van der Waals surface area contributed by atoms with Crippen LogP contribution >= 0.6 is 11.8 Å². The number of phenols is 1. The summed E-state index contributed by atoms with van der Waals surface area (Å²) in [4.78, 5) is 52.1. The molecule has 2 fully saturated rings. The number of esters is 1. The molecule has 5 rings (SSSR count). The van der Waals surface area contributed by atoms with E-state index in [0.29, 0.717) is 16.6 Å². The van der Waals surface area contributed by atoms with Crippen LogP contribution in [0.3, 0.4) is 0 Å². The Labute approximate surface area is 234 Å². The first-order valence-electron chi connectivity index (χ1n) is 13.3. The third-order valence-electron chi connectivity index (χ3n) is 8.66. The summed E-state index contributed by atoms with van der Waals surface area (Å²) in [5.41, 5.74) is 7.58. The molecule has 8 N–H and O–H groups in total. The normalized spacial score (nSPS) is 32.0. The number of aromatic hydroxyl groups is 1.